The molecule has 0 saturated carbocycles. The zero-order valence-electron chi connectivity index (χ0n) is 12.6. The molecule has 1 atom stereocenters. The average molecular weight is 301 g/mol. The fourth-order valence-corrected chi connectivity index (χ4v) is 2.86. The summed E-state index contributed by atoms with van der Waals surface area (Å²) in [5.41, 5.74) is 0.334. The predicted molar refractivity (Wildman–Crippen MR) is 82.0 cm³/mol. The lowest BCUT2D eigenvalue weighted by Crippen LogP contribution is -2.41. The number of nitrogens with zero attached hydrogens (tertiary/aromatic N) is 3. The standard InChI is InChI=1S/C16H19N3O3/c1-2-22-11-12-6-5-9-18(12)15(20)13-10-17-14-7-3-4-8-19(14)16(13)21/h3-4,7-8,10,12H,2,5-6,9,11H2,1H3. The predicted octanol–water partition coefficient (Wildman–Crippen LogP) is 1.34. The van der Waals surface area contributed by atoms with Gasteiger partial charge in [-0.3, -0.25) is 14.0 Å². The molecule has 1 amide bonds. The van der Waals surface area contributed by atoms with Crippen molar-refractivity contribution < 1.29 is 9.53 Å². The molecule has 1 fully saturated rings. The van der Waals surface area contributed by atoms with Crippen LogP contribution in [0.5, 0.6) is 0 Å². The van der Waals surface area contributed by atoms with E-state index in [2.05, 4.69) is 4.98 Å². The van der Waals surface area contributed by atoms with Crippen molar-refractivity contribution in [2.45, 2.75) is 25.8 Å². The minimum absolute atomic E-state index is 0.0447. The lowest BCUT2D eigenvalue weighted by molar-refractivity contribution is 0.0562. The second-order valence-corrected chi connectivity index (χ2v) is 5.36. The Morgan fingerprint density at radius 1 is 1.45 bits per heavy atom. The molecular weight excluding hydrogens is 282 g/mol. The van der Waals surface area contributed by atoms with Gasteiger partial charge in [-0.2, -0.15) is 0 Å². The molecule has 2 aromatic heterocycles. The van der Waals surface area contributed by atoms with E-state index in [0.29, 0.717) is 25.4 Å². The molecule has 3 heterocycles. The van der Waals surface area contributed by atoms with Gasteiger partial charge in [0.1, 0.15) is 11.2 Å². The van der Waals surface area contributed by atoms with Crippen molar-refractivity contribution in [1.82, 2.24) is 14.3 Å². The van der Waals surface area contributed by atoms with E-state index >= 15 is 0 Å². The first kappa shape index (κ1) is 14.7. The van der Waals surface area contributed by atoms with Crippen molar-refractivity contribution >= 4 is 11.6 Å². The Morgan fingerprint density at radius 2 is 2.32 bits per heavy atom. The monoisotopic (exact) mass is 301 g/mol. The van der Waals surface area contributed by atoms with Crippen molar-refractivity contribution in [2.24, 2.45) is 0 Å². The summed E-state index contributed by atoms with van der Waals surface area (Å²) in [7, 11) is 0. The number of rotatable bonds is 4. The minimum atomic E-state index is -0.322. The average Bonchev–Trinajstić information content (AvgIpc) is 3.01. The molecule has 6 nitrogen and oxygen atoms in total. The van der Waals surface area contributed by atoms with Crippen molar-refractivity contribution in [2.75, 3.05) is 19.8 Å². The molecule has 0 aliphatic carbocycles. The largest absolute Gasteiger partial charge is 0.380 e. The zero-order valence-corrected chi connectivity index (χ0v) is 12.6. The van der Waals surface area contributed by atoms with Crippen LogP contribution < -0.4 is 5.56 Å². The van der Waals surface area contributed by atoms with Crippen LogP contribution in [-0.4, -0.2) is 46.0 Å². The van der Waals surface area contributed by atoms with Gasteiger partial charge in [-0.25, -0.2) is 4.98 Å². The van der Waals surface area contributed by atoms with Gasteiger partial charge in [-0.15, -0.1) is 0 Å². The van der Waals surface area contributed by atoms with Crippen molar-refractivity contribution in [3.8, 4) is 0 Å². The van der Waals surface area contributed by atoms with Gasteiger partial charge in [0.2, 0.25) is 0 Å². The van der Waals surface area contributed by atoms with Gasteiger partial charge < -0.3 is 9.64 Å². The molecule has 3 rings (SSSR count). The number of hydrogen-bond acceptors (Lipinski definition) is 4. The summed E-state index contributed by atoms with van der Waals surface area (Å²) >= 11 is 0. The molecule has 0 spiro atoms. The first-order valence-electron chi connectivity index (χ1n) is 7.57. The van der Waals surface area contributed by atoms with Gasteiger partial charge >= 0.3 is 0 Å². The molecule has 0 aromatic carbocycles. The molecule has 22 heavy (non-hydrogen) atoms. The number of pyridine rings is 1. The Hall–Kier alpha value is -2.21. The minimum Gasteiger partial charge on any atom is -0.380 e. The third-order valence-corrected chi connectivity index (χ3v) is 4.00. The number of carbonyl (C=O) groups excluding carboxylic acids is 1. The topological polar surface area (TPSA) is 63.9 Å². The van der Waals surface area contributed by atoms with E-state index in [4.69, 9.17) is 4.74 Å². The van der Waals surface area contributed by atoms with Crippen LogP contribution in [-0.2, 0) is 4.74 Å². The van der Waals surface area contributed by atoms with E-state index in [9.17, 15) is 9.59 Å². The molecule has 6 heteroatoms. The van der Waals surface area contributed by atoms with E-state index in [0.717, 1.165) is 12.8 Å². The van der Waals surface area contributed by atoms with Crippen LogP contribution in [0.25, 0.3) is 5.65 Å². The summed E-state index contributed by atoms with van der Waals surface area (Å²) in [5, 5.41) is 0. The molecule has 116 valence electrons. The smallest absolute Gasteiger partial charge is 0.270 e. The third kappa shape index (κ3) is 2.62. The summed E-state index contributed by atoms with van der Waals surface area (Å²) in [6, 6.07) is 5.34. The van der Waals surface area contributed by atoms with Gasteiger partial charge in [0.15, 0.2) is 0 Å². The maximum Gasteiger partial charge on any atom is 0.270 e. The number of carbonyl (C=O) groups is 1. The van der Waals surface area contributed by atoms with Crippen LogP contribution in [0.15, 0.2) is 35.4 Å². The van der Waals surface area contributed by atoms with Crippen LogP contribution in [0, 0.1) is 0 Å². The molecule has 2 aromatic rings. The fraction of sp³-hybridized carbons (Fsp3) is 0.438. The Labute approximate surface area is 128 Å². The van der Waals surface area contributed by atoms with Crippen molar-refractivity contribution in [3.63, 3.8) is 0 Å². The number of ether oxygens (including phenoxy) is 1. The summed E-state index contributed by atoms with van der Waals surface area (Å²) in [4.78, 5) is 31.1. The maximum atomic E-state index is 12.7. The molecule has 0 bridgehead atoms. The SMILES string of the molecule is CCOCC1CCCN1C(=O)c1cnc2ccccn2c1=O. The molecule has 1 aliphatic rings. The number of likely N-dealkylation sites (tertiary alicyclic amines) is 1. The van der Waals surface area contributed by atoms with E-state index < -0.39 is 0 Å². The van der Waals surface area contributed by atoms with Crippen LogP contribution >= 0.6 is 0 Å². The molecule has 1 aliphatic heterocycles. The highest BCUT2D eigenvalue weighted by atomic mass is 16.5. The van der Waals surface area contributed by atoms with E-state index in [1.54, 1.807) is 23.2 Å². The fourth-order valence-electron chi connectivity index (χ4n) is 2.86. The Kier molecular flexibility index (Phi) is 4.20. The van der Waals surface area contributed by atoms with Gasteiger partial charge in [0.25, 0.3) is 11.5 Å². The van der Waals surface area contributed by atoms with E-state index in [-0.39, 0.29) is 23.1 Å². The Balaban J connectivity index is 1.92. The second kappa shape index (κ2) is 6.27. The highest BCUT2D eigenvalue weighted by molar-refractivity contribution is 5.94. The Bertz CT molecular complexity index is 741. The van der Waals surface area contributed by atoms with Gasteiger partial charge in [0, 0.05) is 25.5 Å². The van der Waals surface area contributed by atoms with Crippen molar-refractivity contribution in [1.29, 1.82) is 0 Å². The quantitative estimate of drug-likeness (QED) is 0.855. The maximum absolute atomic E-state index is 12.7. The lowest BCUT2D eigenvalue weighted by atomic mass is 10.2. The van der Waals surface area contributed by atoms with Crippen LogP contribution in [0.1, 0.15) is 30.1 Å². The summed E-state index contributed by atoms with van der Waals surface area (Å²) < 4.78 is 6.84. The summed E-state index contributed by atoms with van der Waals surface area (Å²) in [6.07, 6.45) is 4.86. The number of hydrogen-bond donors (Lipinski definition) is 0. The second-order valence-electron chi connectivity index (χ2n) is 5.36. The highest BCUT2D eigenvalue weighted by Crippen LogP contribution is 2.19. The molecule has 0 N–H and O–H groups in total. The van der Waals surface area contributed by atoms with Crippen LogP contribution in [0.4, 0.5) is 0 Å². The summed E-state index contributed by atoms with van der Waals surface area (Å²) in [6.45, 7) is 3.73. The molecular formula is C16H19N3O3. The molecule has 0 radical (unpaired) electrons. The summed E-state index contributed by atoms with van der Waals surface area (Å²) in [5.74, 6) is -0.252. The Morgan fingerprint density at radius 3 is 3.14 bits per heavy atom. The van der Waals surface area contributed by atoms with E-state index in [1.165, 1.54) is 10.6 Å². The molecule has 1 unspecified atom stereocenters. The number of aromatic nitrogens is 2. The normalized spacial score (nSPS) is 18.0. The highest BCUT2D eigenvalue weighted by Gasteiger charge is 2.31. The third-order valence-electron chi connectivity index (χ3n) is 4.00. The van der Waals surface area contributed by atoms with Crippen LogP contribution in [0.3, 0.4) is 0 Å². The first-order valence-corrected chi connectivity index (χ1v) is 7.57. The van der Waals surface area contributed by atoms with E-state index in [1.807, 2.05) is 13.0 Å². The molecule has 1 saturated heterocycles. The van der Waals surface area contributed by atoms with Crippen LogP contribution in [0.2, 0.25) is 0 Å². The number of fused-ring (bicyclic) bond motifs is 1. The van der Waals surface area contributed by atoms with Gasteiger partial charge in [-0.1, -0.05) is 6.07 Å². The number of amides is 1. The van der Waals surface area contributed by atoms with Gasteiger partial charge in [0.05, 0.1) is 12.6 Å². The zero-order chi connectivity index (χ0) is 15.5. The van der Waals surface area contributed by atoms with Gasteiger partial charge in [-0.05, 0) is 31.9 Å². The first-order chi connectivity index (χ1) is 10.7. The van der Waals surface area contributed by atoms with Crippen molar-refractivity contribution in [3.05, 3.63) is 46.5 Å². The lowest BCUT2D eigenvalue weighted by Gasteiger charge is -2.24.